The molecule has 3 amide bonds. The van der Waals surface area contributed by atoms with Gasteiger partial charge in [-0.1, -0.05) is 12.1 Å². The number of nitrogens with one attached hydrogen (secondary N) is 1. The Kier molecular flexibility index (Phi) is 5.11. The molecule has 0 saturated carbocycles. The number of nitrogens with zero attached hydrogens (tertiary/aromatic N) is 2. The molecule has 0 spiro atoms. The maximum atomic E-state index is 12.7. The summed E-state index contributed by atoms with van der Waals surface area (Å²) in [5.74, 6) is 0.0104. The van der Waals surface area contributed by atoms with Crippen molar-refractivity contribution in [3.05, 3.63) is 59.2 Å². The normalized spacial score (nSPS) is 14.2. The van der Waals surface area contributed by atoms with Crippen LogP contribution in [0, 0.1) is 13.8 Å². The maximum absolute atomic E-state index is 12.7. The standard InChI is InChI=1S/C20H24N4O2/c1-14-4-3-5-18(15(14)2)23-10-12-24(13-11-23)19(25)16-6-8-17(9-7-16)22-20(21)26/h3-9H,10-13H2,1-2H3,(H3,21,22,26). The van der Waals surface area contributed by atoms with Gasteiger partial charge in [0.1, 0.15) is 0 Å². The van der Waals surface area contributed by atoms with Crippen LogP contribution in [-0.2, 0) is 0 Å². The topological polar surface area (TPSA) is 78.7 Å². The number of hydrogen-bond acceptors (Lipinski definition) is 3. The number of hydrogen-bond donors (Lipinski definition) is 2. The molecular weight excluding hydrogens is 328 g/mol. The van der Waals surface area contributed by atoms with Gasteiger partial charge in [0.25, 0.3) is 5.91 Å². The molecule has 1 heterocycles. The van der Waals surface area contributed by atoms with E-state index in [1.165, 1.54) is 16.8 Å². The monoisotopic (exact) mass is 352 g/mol. The summed E-state index contributed by atoms with van der Waals surface area (Å²) in [6.45, 7) is 7.27. The van der Waals surface area contributed by atoms with Crippen molar-refractivity contribution in [1.29, 1.82) is 0 Å². The second-order valence-corrected chi connectivity index (χ2v) is 6.56. The van der Waals surface area contributed by atoms with Gasteiger partial charge in [0.15, 0.2) is 0 Å². The molecule has 2 aromatic rings. The highest BCUT2D eigenvalue weighted by Crippen LogP contribution is 2.24. The number of carbonyl (C=O) groups excluding carboxylic acids is 2. The van der Waals surface area contributed by atoms with Crippen molar-refractivity contribution in [2.75, 3.05) is 36.4 Å². The minimum absolute atomic E-state index is 0.0104. The molecular formula is C20H24N4O2. The molecule has 136 valence electrons. The van der Waals surface area contributed by atoms with Crippen LogP contribution in [0.2, 0.25) is 0 Å². The van der Waals surface area contributed by atoms with E-state index in [2.05, 4.69) is 42.3 Å². The lowest BCUT2D eigenvalue weighted by atomic mass is 10.1. The molecule has 2 aromatic carbocycles. The minimum Gasteiger partial charge on any atom is -0.368 e. The van der Waals surface area contributed by atoms with Gasteiger partial charge in [-0.25, -0.2) is 4.79 Å². The van der Waals surface area contributed by atoms with E-state index >= 15 is 0 Å². The Labute approximate surface area is 153 Å². The first-order valence-corrected chi connectivity index (χ1v) is 8.72. The number of piperazine rings is 1. The van der Waals surface area contributed by atoms with E-state index in [1.807, 2.05) is 4.90 Å². The smallest absolute Gasteiger partial charge is 0.316 e. The number of amides is 3. The zero-order valence-electron chi connectivity index (χ0n) is 15.2. The van der Waals surface area contributed by atoms with Crippen LogP contribution in [-0.4, -0.2) is 43.0 Å². The first-order valence-electron chi connectivity index (χ1n) is 8.72. The fourth-order valence-electron chi connectivity index (χ4n) is 3.25. The zero-order chi connectivity index (χ0) is 18.7. The molecule has 6 nitrogen and oxygen atoms in total. The molecule has 3 rings (SSSR count). The number of nitrogens with two attached hydrogens (primary N) is 1. The molecule has 1 aliphatic heterocycles. The first kappa shape index (κ1) is 17.8. The molecule has 0 atom stereocenters. The second kappa shape index (κ2) is 7.47. The number of aryl methyl sites for hydroxylation is 1. The van der Waals surface area contributed by atoms with Gasteiger partial charge in [-0.2, -0.15) is 0 Å². The van der Waals surface area contributed by atoms with E-state index in [9.17, 15) is 9.59 Å². The Bertz CT molecular complexity index is 809. The van der Waals surface area contributed by atoms with E-state index in [4.69, 9.17) is 5.73 Å². The van der Waals surface area contributed by atoms with E-state index < -0.39 is 6.03 Å². The van der Waals surface area contributed by atoms with Crippen LogP contribution in [0.5, 0.6) is 0 Å². The van der Waals surface area contributed by atoms with E-state index in [1.54, 1.807) is 24.3 Å². The molecule has 6 heteroatoms. The third-order valence-electron chi connectivity index (χ3n) is 4.88. The SMILES string of the molecule is Cc1cccc(N2CCN(C(=O)c3ccc(NC(N)=O)cc3)CC2)c1C. The quantitative estimate of drug-likeness (QED) is 0.891. The highest BCUT2D eigenvalue weighted by atomic mass is 16.2. The third-order valence-corrected chi connectivity index (χ3v) is 4.88. The van der Waals surface area contributed by atoms with Gasteiger partial charge >= 0.3 is 6.03 Å². The van der Waals surface area contributed by atoms with Crippen molar-refractivity contribution in [1.82, 2.24) is 4.90 Å². The fraction of sp³-hybridized carbons (Fsp3) is 0.300. The zero-order valence-corrected chi connectivity index (χ0v) is 15.2. The molecule has 3 N–H and O–H groups in total. The molecule has 0 radical (unpaired) electrons. The predicted molar refractivity (Wildman–Crippen MR) is 104 cm³/mol. The van der Waals surface area contributed by atoms with Gasteiger partial charge < -0.3 is 20.9 Å². The summed E-state index contributed by atoms with van der Waals surface area (Å²) in [5.41, 5.74) is 10.1. The number of carbonyl (C=O) groups is 2. The summed E-state index contributed by atoms with van der Waals surface area (Å²) in [4.78, 5) is 27.8. The Morgan fingerprint density at radius 2 is 1.62 bits per heavy atom. The van der Waals surface area contributed by atoms with Crippen molar-refractivity contribution in [2.45, 2.75) is 13.8 Å². The molecule has 1 saturated heterocycles. The van der Waals surface area contributed by atoms with E-state index in [0.29, 0.717) is 24.3 Å². The largest absolute Gasteiger partial charge is 0.368 e. The van der Waals surface area contributed by atoms with Crippen molar-refractivity contribution in [3.63, 3.8) is 0 Å². The average Bonchev–Trinajstić information content (AvgIpc) is 2.64. The molecule has 0 aliphatic carbocycles. The molecule has 0 aromatic heterocycles. The Morgan fingerprint density at radius 3 is 2.23 bits per heavy atom. The van der Waals surface area contributed by atoms with Crippen LogP contribution in [0.1, 0.15) is 21.5 Å². The van der Waals surface area contributed by atoms with Gasteiger partial charge in [-0.05, 0) is 55.3 Å². The molecule has 1 aliphatic rings. The van der Waals surface area contributed by atoms with Crippen molar-refractivity contribution in [3.8, 4) is 0 Å². The van der Waals surface area contributed by atoms with Gasteiger partial charge in [-0.3, -0.25) is 4.79 Å². The van der Waals surface area contributed by atoms with Crippen LogP contribution < -0.4 is 16.0 Å². The molecule has 1 fully saturated rings. The number of anilines is 2. The van der Waals surface area contributed by atoms with Crippen molar-refractivity contribution >= 4 is 23.3 Å². The summed E-state index contributed by atoms with van der Waals surface area (Å²) in [6, 6.07) is 12.5. The number of urea groups is 1. The molecule has 0 bridgehead atoms. The van der Waals surface area contributed by atoms with Crippen LogP contribution in [0.3, 0.4) is 0 Å². The minimum atomic E-state index is -0.619. The van der Waals surface area contributed by atoms with Gasteiger partial charge in [0.05, 0.1) is 0 Å². The Morgan fingerprint density at radius 1 is 0.962 bits per heavy atom. The fourth-order valence-corrected chi connectivity index (χ4v) is 3.25. The highest BCUT2D eigenvalue weighted by molar-refractivity contribution is 5.95. The first-order chi connectivity index (χ1) is 12.5. The lowest BCUT2D eigenvalue weighted by Crippen LogP contribution is -2.49. The maximum Gasteiger partial charge on any atom is 0.316 e. The van der Waals surface area contributed by atoms with E-state index in [-0.39, 0.29) is 5.91 Å². The summed E-state index contributed by atoms with van der Waals surface area (Å²) in [6.07, 6.45) is 0. The van der Waals surface area contributed by atoms with E-state index in [0.717, 1.165) is 13.1 Å². The van der Waals surface area contributed by atoms with Gasteiger partial charge in [0, 0.05) is 43.1 Å². The number of primary amides is 1. The lowest BCUT2D eigenvalue weighted by Gasteiger charge is -2.37. The average molecular weight is 352 g/mol. The van der Waals surface area contributed by atoms with Crippen molar-refractivity contribution < 1.29 is 9.59 Å². The second-order valence-electron chi connectivity index (χ2n) is 6.56. The third kappa shape index (κ3) is 3.79. The summed E-state index contributed by atoms with van der Waals surface area (Å²) in [5, 5.41) is 2.49. The Balaban J connectivity index is 1.63. The van der Waals surface area contributed by atoms with Gasteiger partial charge in [0.2, 0.25) is 0 Å². The highest BCUT2D eigenvalue weighted by Gasteiger charge is 2.23. The summed E-state index contributed by atoms with van der Waals surface area (Å²) in [7, 11) is 0. The Hall–Kier alpha value is -3.02. The lowest BCUT2D eigenvalue weighted by molar-refractivity contribution is 0.0747. The number of benzene rings is 2. The predicted octanol–water partition coefficient (Wildman–Crippen LogP) is 2.76. The van der Waals surface area contributed by atoms with Crippen LogP contribution in [0.25, 0.3) is 0 Å². The van der Waals surface area contributed by atoms with Crippen LogP contribution in [0.4, 0.5) is 16.2 Å². The molecule has 0 unspecified atom stereocenters. The van der Waals surface area contributed by atoms with Gasteiger partial charge in [-0.15, -0.1) is 0 Å². The number of rotatable bonds is 3. The molecule has 26 heavy (non-hydrogen) atoms. The van der Waals surface area contributed by atoms with Crippen molar-refractivity contribution in [2.24, 2.45) is 5.73 Å². The summed E-state index contributed by atoms with van der Waals surface area (Å²) < 4.78 is 0. The van der Waals surface area contributed by atoms with Crippen LogP contribution >= 0.6 is 0 Å². The summed E-state index contributed by atoms with van der Waals surface area (Å²) >= 11 is 0. The van der Waals surface area contributed by atoms with Crippen LogP contribution in [0.15, 0.2) is 42.5 Å².